The SMILES string of the molecule is CCOC(=O)COc1ccc(C=C(C#N)C(=O)OCC)cc1. The van der Waals surface area contributed by atoms with Gasteiger partial charge in [-0.25, -0.2) is 9.59 Å². The van der Waals surface area contributed by atoms with Gasteiger partial charge in [0.15, 0.2) is 6.61 Å². The van der Waals surface area contributed by atoms with Crippen molar-refractivity contribution in [3.05, 3.63) is 35.4 Å². The first-order valence-electron chi connectivity index (χ1n) is 6.78. The Hall–Kier alpha value is -2.81. The monoisotopic (exact) mass is 303 g/mol. The van der Waals surface area contributed by atoms with Gasteiger partial charge in [-0.15, -0.1) is 0 Å². The Morgan fingerprint density at radius 2 is 1.77 bits per heavy atom. The molecule has 1 aromatic carbocycles. The number of hydrogen-bond donors (Lipinski definition) is 0. The van der Waals surface area contributed by atoms with Crippen molar-refractivity contribution in [3.8, 4) is 11.8 Å². The molecule has 0 amide bonds. The van der Waals surface area contributed by atoms with E-state index in [-0.39, 0.29) is 18.8 Å². The summed E-state index contributed by atoms with van der Waals surface area (Å²) < 4.78 is 14.8. The first-order chi connectivity index (χ1) is 10.6. The number of benzene rings is 1. The fourth-order valence-electron chi connectivity index (χ4n) is 1.52. The van der Waals surface area contributed by atoms with Crippen LogP contribution >= 0.6 is 0 Å². The predicted octanol–water partition coefficient (Wildman–Crippen LogP) is 2.10. The summed E-state index contributed by atoms with van der Waals surface area (Å²) in [4.78, 5) is 22.7. The summed E-state index contributed by atoms with van der Waals surface area (Å²) >= 11 is 0. The van der Waals surface area contributed by atoms with Crippen LogP contribution in [0.2, 0.25) is 0 Å². The van der Waals surface area contributed by atoms with Crippen LogP contribution in [0.15, 0.2) is 29.8 Å². The van der Waals surface area contributed by atoms with Gasteiger partial charge in [0, 0.05) is 0 Å². The summed E-state index contributed by atoms with van der Waals surface area (Å²) in [6.45, 7) is 3.72. The minimum absolute atomic E-state index is 0.0814. The number of nitriles is 1. The number of carbonyl (C=O) groups excluding carboxylic acids is 2. The number of ether oxygens (including phenoxy) is 3. The Morgan fingerprint density at radius 3 is 2.32 bits per heavy atom. The summed E-state index contributed by atoms with van der Waals surface area (Å²) in [5.41, 5.74) is 0.565. The Labute approximate surface area is 128 Å². The second kappa shape index (κ2) is 9.19. The van der Waals surface area contributed by atoms with Crippen molar-refractivity contribution < 1.29 is 23.8 Å². The van der Waals surface area contributed by atoms with Gasteiger partial charge in [-0.1, -0.05) is 12.1 Å². The van der Waals surface area contributed by atoms with Crippen LogP contribution in [0.5, 0.6) is 5.75 Å². The van der Waals surface area contributed by atoms with Gasteiger partial charge in [-0.05, 0) is 37.6 Å². The van der Waals surface area contributed by atoms with Crippen LogP contribution in [0.25, 0.3) is 6.08 Å². The van der Waals surface area contributed by atoms with Crippen molar-refractivity contribution in [3.63, 3.8) is 0 Å². The van der Waals surface area contributed by atoms with E-state index in [1.165, 1.54) is 6.08 Å². The van der Waals surface area contributed by atoms with Gasteiger partial charge < -0.3 is 14.2 Å². The van der Waals surface area contributed by atoms with Gasteiger partial charge in [-0.3, -0.25) is 0 Å². The number of esters is 2. The highest BCUT2D eigenvalue weighted by Crippen LogP contribution is 2.15. The molecule has 0 aromatic heterocycles. The van der Waals surface area contributed by atoms with Gasteiger partial charge in [0.25, 0.3) is 0 Å². The average molecular weight is 303 g/mol. The molecule has 1 rings (SSSR count). The van der Waals surface area contributed by atoms with Crippen LogP contribution in [-0.4, -0.2) is 31.8 Å². The van der Waals surface area contributed by atoms with E-state index in [1.807, 2.05) is 0 Å². The summed E-state index contributed by atoms with van der Waals surface area (Å²) in [5, 5.41) is 8.94. The van der Waals surface area contributed by atoms with Gasteiger partial charge in [0.05, 0.1) is 13.2 Å². The second-order valence-electron chi connectivity index (χ2n) is 4.05. The van der Waals surface area contributed by atoms with E-state index in [0.29, 0.717) is 17.9 Å². The van der Waals surface area contributed by atoms with E-state index in [1.54, 1.807) is 44.2 Å². The summed E-state index contributed by atoms with van der Waals surface area (Å²) in [7, 11) is 0. The van der Waals surface area contributed by atoms with Gasteiger partial charge in [0.2, 0.25) is 0 Å². The summed E-state index contributed by atoms with van der Waals surface area (Å²) in [5.74, 6) is -0.618. The molecule has 0 saturated heterocycles. The number of rotatable bonds is 7. The van der Waals surface area contributed by atoms with Crippen molar-refractivity contribution in [2.24, 2.45) is 0 Å². The van der Waals surface area contributed by atoms with Crippen LogP contribution in [0.1, 0.15) is 19.4 Å². The van der Waals surface area contributed by atoms with Crippen molar-refractivity contribution in [1.82, 2.24) is 0 Å². The zero-order chi connectivity index (χ0) is 16.4. The fourth-order valence-corrected chi connectivity index (χ4v) is 1.52. The Kier molecular flexibility index (Phi) is 7.20. The highest BCUT2D eigenvalue weighted by molar-refractivity contribution is 5.97. The maximum atomic E-state index is 11.5. The van der Waals surface area contributed by atoms with Crippen molar-refractivity contribution in [1.29, 1.82) is 5.26 Å². The van der Waals surface area contributed by atoms with Crippen LogP contribution in [0.3, 0.4) is 0 Å². The topological polar surface area (TPSA) is 85.6 Å². The molecule has 0 heterocycles. The number of nitrogens with zero attached hydrogens (tertiary/aromatic N) is 1. The standard InChI is InChI=1S/C16H17NO5/c1-3-20-15(18)11-22-14-7-5-12(6-8-14)9-13(10-17)16(19)21-4-2/h5-9H,3-4,11H2,1-2H3. The highest BCUT2D eigenvalue weighted by Gasteiger charge is 2.09. The van der Waals surface area contributed by atoms with E-state index < -0.39 is 11.9 Å². The molecule has 22 heavy (non-hydrogen) atoms. The summed E-state index contributed by atoms with van der Waals surface area (Å²) in [6.07, 6.45) is 1.42. The largest absolute Gasteiger partial charge is 0.482 e. The molecule has 6 heteroatoms. The van der Waals surface area contributed by atoms with Crippen LogP contribution < -0.4 is 4.74 Å². The molecule has 0 bridgehead atoms. The van der Waals surface area contributed by atoms with E-state index in [4.69, 9.17) is 19.5 Å². The van der Waals surface area contributed by atoms with Gasteiger partial charge in [0.1, 0.15) is 17.4 Å². The van der Waals surface area contributed by atoms with E-state index in [2.05, 4.69) is 0 Å². The molecular formula is C16H17NO5. The molecule has 0 saturated carbocycles. The van der Waals surface area contributed by atoms with Crippen LogP contribution in [0, 0.1) is 11.3 Å². The molecule has 1 aromatic rings. The fraction of sp³-hybridized carbons (Fsp3) is 0.312. The van der Waals surface area contributed by atoms with E-state index in [0.717, 1.165) is 0 Å². The van der Waals surface area contributed by atoms with Crippen LogP contribution in [-0.2, 0) is 19.1 Å². The lowest BCUT2D eigenvalue weighted by Gasteiger charge is -2.06. The zero-order valence-corrected chi connectivity index (χ0v) is 12.5. The molecule has 0 radical (unpaired) electrons. The lowest BCUT2D eigenvalue weighted by atomic mass is 10.1. The van der Waals surface area contributed by atoms with Gasteiger partial charge in [-0.2, -0.15) is 5.26 Å². The predicted molar refractivity (Wildman–Crippen MR) is 78.8 cm³/mol. The van der Waals surface area contributed by atoms with E-state index >= 15 is 0 Å². The van der Waals surface area contributed by atoms with E-state index in [9.17, 15) is 9.59 Å². The lowest BCUT2D eigenvalue weighted by Crippen LogP contribution is -2.14. The molecule has 0 N–H and O–H groups in total. The molecule has 116 valence electrons. The quantitative estimate of drug-likeness (QED) is 0.435. The lowest BCUT2D eigenvalue weighted by molar-refractivity contribution is -0.145. The van der Waals surface area contributed by atoms with Gasteiger partial charge >= 0.3 is 11.9 Å². The smallest absolute Gasteiger partial charge is 0.348 e. The third-order valence-corrected chi connectivity index (χ3v) is 2.47. The minimum Gasteiger partial charge on any atom is -0.482 e. The molecule has 0 atom stereocenters. The first kappa shape index (κ1) is 17.2. The molecule has 0 unspecified atom stereocenters. The molecule has 0 aliphatic heterocycles. The van der Waals surface area contributed by atoms with Crippen molar-refractivity contribution >= 4 is 18.0 Å². The molecule has 6 nitrogen and oxygen atoms in total. The Morgan fingerprint density at radius 1 is 1.14 bits per heavy atom. The maximum absolute atomic E-state index is 11.5. The number of carbonyl (C=O) groups is 2. The number of hydrogen-bond acceptors (Lipinski definition) is 6. The molecular weight excluding hydrogens is 286 g/mol. The average Bonchev–Trinajstić information content (AvgIpc) is 2.52. The Balaban J connectivity index is 2.70. The van der Waals surface area contributed by atoms with Crippen molar-refractivity contribution in [2.45, 2.75) is 13.8 Å². The maximum Gasteiger partial charge on any atom is 0.348 e. The minimum atomic E-state index is -0.660. The molecule has 0 fully saturated rings. The third kappa shape index (κ3) is 5.67. The summed E-state index contributed by atoms with van der Waals surface area (Å²) in [6, 6.07) is 8.39. The van der Waals surface area contributed by atoms with Crippen molar-refractivity contribution in [2.75, 3.05) is 19.8 Å². The third-order valence-electron chi connectivity index (χ3n) is 2.47. The Bertz CT molecular complexity index is 584. The molecule has 0 spiro atoms. The second-order valence-corrected chi connectivity index (χ2v) is 4.05. The molecule has 0 aliphatic carbocycles. The van der Waals surface area contributed by atoms with Crippen LogP contribution in [0.4, 0.5) is 0 Å². The molecule has 0 aliphatic rings. The first-order valence-corrected chi connectivity index (χ1v) is 6.78. The highest BCUT2D eigenvalue weighted by atomic mass is 16.6. The normalized spacial score (nSPS) is 10.5. The zero-order valence-electron chi connectivity index (χ0n) is 12.5.